The molecule has 0 rings (SSSR count). The minimum atomic E-state index is -1.08. The Labute approximate surface area is 150 Å². The summed E-state index contributed by atoms with van der Waals surface area (Å²) < 4.78 is 0. The number of carboxylic acid groups (broad SMARTS) is 2. The highest BCUT2D eigenvalue weighted by Crippen LogP contribution is 1.88. The Morgan fingerprint density at radius 1 is 0.917 bits per heavy atom. The SMILES string of the molecule is C=CNC(=O)O.C=CNC(=O)O.CCCC(O)[SiH3].CCCC(O)[SiH3]. The second-order valence-corrected chi connectivity index (χ2v) is 7.25. The van der Waals surface area contributed by atoms with Gasteiger partial charge in [-0.15, -0.1) is 0 Å². The highest BCUT2D eigenvalue weighted by molar-refractivity contribution is 6.10. The number of hydrogen-bond donors (Lipinski definition) is 6. The van der Waals surface area contributed by atoms with E-state index in [1.54, 1.807) is 0 Å². The Balaban J connectivity index is -0.000000111. The van der Waals surface area contributed by atoms with Gasteiger partial charge in [-0.25, -0.2) is 9.59 Å². The van der Waals surface area contributed by atoms with Crippen molar-refractivity contribution in [3.05, 3.63) is 25.6 Å². The molecular weight excluding hydrogens is 348 g/mol. The van der Waals surface area contributed by atoms with E-state index in [0.29, 0.717) is 0 Å². The molecule has 2 amide bonds. The fourth-order valence-corrected chi connectivity index (χ4v) is 2.16. The molecule has 0 fully saturated rings. The third-order valence-corrected chi connectivity index (χ3v) is 3.02. The van der Waals surface area contributed by atoms with E-state index in [2.05, 4.69) is 27.0 Å². The van der Waals surface area contributed by atoms with Gasteiger partial charge in [-0.1, -0.05) is 39.8 Å². The van der Waals surface area contributed by atoms with Gasteiger partial charge < -0.3 is 20.4 Å². The van der Waals surface area contributed by atoms with Gasteiger partial charge in [-0.05, 0) is 25.2 Å². The predicted octanol–water partition coefficient (Wildman–Crippen LogP) is -0.264. The van der Waals surface area contributed by atoms with Gasteiger partial charge in [0.25, 0.3) is 0 Å². The third kappa shape index (κ3) is 71.1. The Morgan fingerprint density at radius 3 is 1.17 bits per heavy atom. The van der Waals surface area contributed by atoms with Crippen molar-refractivity contribution in [2.45, 2.75) is 51.0 Å². The molecule has 0 aromatic rings. The third-order valence-electron chi connectivity index (χ3n) is 1.86. The number of amides is 2. The maximum atomic E-state index is 9.42. The van der Waals surface area contributed by atoms with Gasteiger partial charge in [0.1, 0.15) is 0 Å². The van der Waals surface area contributed by atoms with E-state index in [9.17, 15) is 9.59 Å². The van der Waals surface area contributed by atoms with Crippen molar-refractivity contribution in [1.29, 1.82) is 0 Å². The van der Waals surface area contributed by atoms with Crippen LogP contribution in [0.2, 0.25) is 0 Å². The minimum absolute atomic E-state index is 0.0370. The van der Waals surface area contributed by atoms with Gasteiger partial charge in [-0.2, -0.15) is 0 Å². The highest BCUT2D eigenvalue weighted by Gasteiger charge is 1.88. The quantitative estimate of drug-likeness (QED) is 0.350. The van der Waals surface area contributed by atoms with Crippen LogP contribution in [0.4, 0.5) is 9.59 Å². The van der Waals surface area contributed by atoms with Gasteiger partial charge in [0, 0.05) is 31.9 Å². The maximum absolute atomic E-state index is 9.42. The van der Waals surface area contributed by atoms with Crippen LogP contribution >= 0.6 is 0 Å². The second-order valence-electron chi connectivity index (χ2n) is 4.58. The van der Waals surface area contributed by atoms with Gasteiger partial charge in [0.05, 0.1) is 0 Å². The van der Waals surface area contributed by atoms with Crippen molar-refractivity contribution >= 4 is 32.7 Å². The molecule has 6 N–H and O–H groups in total. The Bertz CT molecular complexity index is 286. The molecule has 0 bridgehead atoms. The molecule has 0 aliphatic rings. The molecule has 0 spiro atoms. The monoisotopic (exact) mass is 382 g/mol. The Morgan fingerprint density at radius 2 is 1.17 bits per heavy atom. The smallest absolute Gasteiger partial charge is 0.408 e. The van der Waals surface area contributed by atoms with Crippen LogP contribution in [0.15, 0.2) is 25.6 Å². The lowest BCUT2D eigenvalue weighted by Gasteiger charge is -1.95. The van der Waals surface area contributed by atoms with Gasteiger partial charge in [0.2, 0.25) is 0 Å². The van der Waals surface area contributed by atoms with Crippen molar-refractivity contribution in [2.24, 2.45) is 0 Å². The van der Waals surface area contributed by atoms with E-state index in [1.807, 2.05) is 10.6 Å². The Hall–Kier alpha value is -1.63. The molecule has 2 atom stereocenters. The van der Waals surface area contributed by atoms with Crippen LogP contribution in [0.5, 0.6) is 0 Å². The molecular formula is C14H34N2O6Si2. The van der Waals surface area contributed by atoms with Gasteiger partial charge >= 0.3 is 12.2 Å². The molecule has 0 aromatic carbocycles. The van der Waals surface area contributed by atoms with E-state index in [-0.39, 0.29) is 11.5 Å². The highest BCUT2D eigenvalue weighted by atomic mass is 28.1. The van der Waals surface area contributed by atoms with Crippen LogP contribution in [-0.2, 0) is 0 Å². The number of carbonyl (C=O) groups is 2. The van der Waals surface area contributed by atoms with E-state index in [0.717, 1.165) is 58.6 Å². The minimum Gasteiger partial charge on any atom is -0.465 e. The number of hydrogen-bond acceptors (Lipinski definition) is 4. The summed E-state index contributed by atoms with van der Waals surface area (Å²) in [7, 11) is 1.87. The summed E-state index contributed by atoms with van der Waals surface area (Å²) >= 11 is 0. The summed E-state index contributed by atoms with van der Waals surface area (Å²) in [6.45, 7) is 10.4. The summed E-state index contributed by atoms with van der Waals surface area (Å²) in [6, 6.07) is 0. The topological polar surface area (TPSA) is 139 Å². The first-order chi connectivity index (χ1) is 11.1. The van der Waals surface area contributed by atoms with E-state index >= 15 is 0 Å². The van der Waals surface area contributed by atoms with Crippen molar-refractivity contribution < 1.29 is 30.0 Å². The lowest BCUT2D eigenvalue weighted by atomic mass is 10.4. The molecule has 0 aliphatic heterocycles. The first-order valence-corrected chi connectivity index (χ1v) is 9.96. The molecule has 8 nitrogen and oxygen atoms in total. The van der Waals surface area contributed by atoms with Crippen LogP contribution in [0.25, 0.3) is 0 Å². The number of aliphatic hydroxyl groups is 2. The van der Waals surface area contributed by atoms with Crippen LogP contribution in [0.1, 0.15) is 39.5 Å². The van der Waals surface area contributed by atoms with Crippen LogP contribution in [0.3, 0.4) is 0 Å². The molecule has 144 valence electrons. The van der Waals surface area contributed by atoms with Gasteiger partial charge in [0.15, 0.2) is 0 Å². The van der Waals surface area contributed by atoms with Crippen molar-refractivity contribution in [3.63, 3.8) is 0 Å². The van der Waals surface area contributed by atoms with E-state index < -0.39 is 12.2 Å². The maximum Gasteiger partial charge on any atom is 0.408 e. The molecule has 0 aliphatic carbocycles. The predicted molar refractivity (Wildman–Crippen MR) is 104 cm³/mol. The fraction of sp³-hybridized carbons (Fsp3) is 0.571. The van der Waals surface area contributed by atoms with Crippen molar-refractivity contribution in [1.82, 2.24) is 10.6 Å². The van der Waals surface area contributed by atoms with Crippen molar-refractivity contribution in [2.75, 3.05) is 0 Å². The largest absolute Gasteiger partial charge is 0.465 e. The number of aliphatic hydroxyl groups excluding tert-OH is 2. The van der Waals surface area contributed by atoms with E-state index in [4.69, 9.17) is 20.4 Å². The summed E-state index contributed by atoms with van der Waals surface area (Å²) in [6.07, 6.45) is 4.26. The first-order valence-electron chi connectivity index (χ1n) is 7.65. The number of rotatable bonds is 6. The van der Waals surface area contributed by atoms with Crippen LogP contribution in [-0.4, -0.2) is 64.6 Å². The average molecular weight is 383 g/mol. The van der Waals surface area contributed by atoms with Crippen LogP contribution in [0, 0.1) is 0 Å². The zero-order valence-electron chi connectivity index (χ0n) is 15.2. The molecule has 24 heavy (non-hydrogen) atoms. The average Bonchev–Trinajstić information content (AvgIpc) is 2.39. The van der Waals surface area contributed by atoms with Crippen molar-refractivity contribution in [3.8, 4) is 0 Å². The molecule has 0 aromatic heterocycles. The summed E-state index contributed by atoms with van der Waals surface area (Å²) in [5, 5.41) is 36.5. The zero-order valence-corrected chi connectivity index (χ0v) is 19.2. The summed E-state index contributed by atoms with van der Waals surface area (Å²) in [5.41, 5.74) is 0.0741. The lowest BCUT2D eigenvalue weighted by Crippen LogP contribution is -2.11. The van der Waals surface area contributed by atoms with Gasteiger partial charge in [-0.3, -0.25) is 10.6 Å². The summed E-state index contributed by atoms with van der Waals surface area (Å²) in [4.78, 5) is 18.8. The van der Waals surface area contributed by atoms with E-state index in [1.165, 1.54) is 0 Å². The molecule has 2 unspecified atom stereocenters. The van der Waals surface area contributed by atoms with Crippen LogP contribution < -0.4 is 10.6 Å². The fourth-order valence-electron chi connectivity index (χ4n) is 1.01. The molecule has 0 saturated heterocycles. The molecule has 0 saturated carbocycles. The summed E-state index contributed by atoms with van der Waals surface area (Å²) in [5.74, 6) is 0. The molecule has 0 heterocycles. The Kier molecular flexibility index (Phi) is 33.2. The first kappa shape index (κ1) is 30.3. The standard InChI is InChI=1S/2C4H12OSi.2C3H5NO2/c2*1-2-3-4(5)6;2*1-2-4-3(5)6/h2*4-5H,2-3H2,1,6H3;2*2,4H,1H2,(H,5,6). The lowest BCUT2D eigenvalue weighted by molar-refractivity contribution is 0.197. The normalized spacial score (nSPS) is 10.8. The molecule has 0 radical (unpaired) electrons. The number of nitrogens with one attached hydrogen (secondary N) is 2. The second kappa shape index (κ2) is 26.3. The zero-order chi connectivity index (χ0) is 20.0. The molecule has 10 heteroatoms.